The summed E-state index contributed by atoms with van der Waals surface area (Å²) in [5.74, 6) is 0. The SMILES string of the molecule is [2H]c1c([2H])c([2H])c(-c2ccc3c(-c4ccc(-c5ccccc5)cc4)c4ccccc4c(-c4ccc(-c5ccccc5)cc4)c3c2)c([2H])c1[2H]. The molecule has 0 amide bonds. The Morgan fingerprint density at radius 2 is 0.659 bits per heavy atom. The average molecular weight is 564 g/mol. The van der Waals surface area contributed by atoms with E-state index in [1.165, 1.54) is 0 Å². The van der Waals surface area contributed by atoms with Gasteiger partial charge >= 0.3 is 0 Å². The van der Waals surface area contributed by atoms with Crippen LogP contribution in [0.15, 0.2) is 182 Å². The van der Waals surface area contributed by atoms with E-state index in [4.69, 9.17) is 6.85 Å². The molecule has 0 atom stereocenters. The molecule has 0 saturated carbocycles. The first-order valence-corrected chi connectivity index (χ1v) is 14.8. The monoisotopic (exact) mass is 563 g/mol. The van der Waals surface area contributed by atoms with Crippen LogP contribution in [0, 0.1) is 0 Å². The van der Waals surface area contributed by atoms with E-state index in [9.17, 15) is 0 Å². The minimum atomic E-state index is -0.397. The molecule has 44 heavy (non-hydrogen) atoms. The summed E-state index contributed by atoms with van der Waals surface area (Å²) in [6, 6.07) is 50.7. The molecule has 8 aromatic carbocycles. The zero-order valence-electron chi connectivity index (χ0n) is 28.9. The Bertz CT molecular complexity index is 2480. The molecule has 0 saturated heterocycles. The number of hydrogen-bond donors (Lipinski definition) is 0. The fourth-order valence-corrected chi connectivity index (χ4v) is 6.27. The first-order chi connectivity index (χ1) is 23.9. The molecule has 0 aliphatic rings. The summed E-state index contributed by atoms with van der Waals surface area (Å²) in [6.45, 7) is 0. The predicted octanol–water partition coefficient (Wildman–Crippen LogP) is 12.3. The Hall–Kier alpha value is -5.72. The molecule has 0 heterocycles. The van der Waals surface area contributed by atoms with Crippen LogP contribution < -0.4 is 0 Å². The van der Waals surface area contributed by atoms with Crippen molar-refractivity contribution in [2.45, 2.75) is 0 Å². The van der Waals surface area contributed by atoms with Gasteiger partial charge in [0.05, 0.1) is 6.85 Å². The summed E-state index contributed by atoms with van der Waals surface area (Å²) in [7, 11) is 0. The lowest BCUT2D eigenvalue weighted by Crippen LogP contribution is -1.92. The van der Waals surface area contributed by atoms with Gasteiger partial charge in [-0.3, -0.25) is 0 Å². The summed E-state index contributed by atoms with van der Waals surface area (Å²) < 4.78 is 42.3. The van der Waals surface area contributed by atoms with Crippen LogP contribution in [-0.4, -0.2) is 0 Å². The lowest BCUT2D eigenvalue weighted by molar-refractivity contribution is 1.60. The van der Waals surface area contributed by atoms with Crippen LogP contribution in [0.3, 0.4) is 0 Å². The molecular formula is C44H30. The van der Waals surface area contributed by atoms with Crippen LogP contribution in [0.1, 0.15) is 6.85 Å². The van der Waals surface area contributed by atoms with E-state index < -0.39 is 6.04 Å². The van der Waals surface area contributed by atoms with E-state index in [-0.39, 0.29) is 29.7 Å². The Morgan fingerprint density at radius 1 is 0.273 bits per heavy atom. The molecule has 0 aliphatic heterocycles. The Labute approximate surface area is 265 Å². The van der Waals surface area contributed by atoms with Crippen molar-refractivity contribution in [3.63, 3.8) is 0 Å². The quantitative estimate of drug-likeness (QED) is 0.183. The lowest BCUT2D eigenvalue weighted by Gasteiger charge is -2.19. The van der Waals surface area contributed by atoms with E-state index in [1.54, 1.807) is 0 Å². The molecule has 0 spiro atoms. The summed E-state index contributed by atoms with van der Waals surface area (Å²) in [5, 5.41) is 4.14. The molecular weight excluding hydrogens is 528 g/mol. The van der Waals surface area contributed by atoms with Crippen molar-refractivity contribution in [1.29, 1.82) is 0 Å². The number of rotatable bonds is 5. The second-order valence-electron chi connectivity index (χ2n) is 10.9. The standard InChI is InChI=1S/C44H30/c1-4-12-31(13-5-1)34-20-24-36(25-21-34)43-39-18-10-11-19-40(39)44(37-26-22-35(23-27-37)32-14-6-2-7-15-32)42-30-38(28-29-41(42)43)33-16-8-3-9-17-33/h1-30H/i3D,8D,9D,16D,17D. The first-order valence-electron chi connectivity index (χ1n) is 17.3. The summed E-state index contributed by atoms with van der Waals surface area (Å²) >= 11 is 0. The van der Waals surface area contributed by atoms with E-state index in [0.717, 1.165) is 66.1 Å². The van der Waals surface area contributed by atoms with Gasteiger partial charge in [-0.05, 0) is 83.2 Å². The van der Waals surface area contributed by atoms with Crippen molar-refractivity contribution < 1.29 is 6.85 Å². The second-order valence-corrected chi connectivity index (χ2v) is 10.9. The molecule has 8 rings (SSSR count). The van der Waals surface area contributed by atoms with Crippen molar-refractivity contribution in [2.24, 2.45) is 0 Å². The van der Waals surface area contributed by atoms with Gasteiger partial charge in [-0.2, -0.15) is 0 Å². The van der Waals surface area contributed by atoms with Gasteiger partial charge in [0.1, 0.15) is 0 Å². The van der Waals surface area contributed by atoms with Crippen molar-refractivity contribution in [2.75, 3.05) is 0 Å². The van der Waals surface area contributed by atoms with Crippen molar-refractivity contribution in [3.8, 4) is 55.6 Å². The molecule has 0 aliphatic carbocycles. The van der Waals surface area contributed by atoms with Crippen LogP contribution >= 0.6 is 0 Å². The predicted molar refractivity (Wildman–Crippen MR) is 189 cm³/mol. The highest BCUT2D eigenvalue weighted by molar-refractivity contribution is 6.22. The number of hydrogen-bond acceptors (Lipinski definition) is 0. The van der Waals surface area contributed by atoms with E-state index in [0.29, 0.717) is 5.56 Å². The molecule has 0 fully saturated rings. The highest BCUT2D eigenvalue weighted by Crippen LogP contribution is 2.45. The van der Waals surface area contributed by atoms with Gasteiger partial charge in [0.25, 0.3) is 0 Å². The van der Waals surface area contributed by atoms with Gasteiger partial charge in [0, 0.05) is 0 Å². The molecule has 0 nitrogen and oxygen atoms in total. The molecule has 0 aromatic heterocycles. The molecule has 206 valence electrons. The van der Waals surface area contributed by atoms with Crippen molar-refractivity contribution in [3.05, 3.63) is 182 Å². The fraction of sp³-hybridized carbons (Fsp3) is 0. The Kier molecular flexibility index (Phi) is 5.34. The topological polar surface area (TPSA) is 0 Å². The summed E-state index contributed by atoms with van der Waals surface area (Å²) in [6.07, 6.45) is 0. The van der Waals surface area contributed by atoms with Gasteiger partial charge in [0.15, 0.2) is 0 Å². The van der Waals surface area contributed by atoms with Gasteiger partial charge in [-0.25, -0.2) is 0 Å². The summed E-state index contributed by atoms with van der Waals surface area (Å²) in [5.41, 5.74) is 9.54. The second kappa shape index (κ2) is 11.2. The van der Waals surface area contributed by atoms with E-state index in [2.05, 4.69) is 97.1 Å². The molecule has 0 bridgehead atoms. The Balaban J connectivity index is 1.42. The third kappa shape index (κ3) is 4.68. The van der Waals surface area contributed by atoms with Crippen LogP contribution in [0.25, 0.3) is 77.2 Å². The average Bonchev–Trinajstić information content (AvgIpc) is 3.16. The lowest BCUT2D eigenvalue weighted by atomic mass is 9.84. The van der Waals surface area contributed by atoms with Crippen molar-refractivity contribution in [1.82, 2.24) is 0 Å². The van der Waals surface area contributed by atoms with Crippen LogP contribution in [-0.2, 0) is 0 Å². The minimum absolute atomic E-state index is 0.195. The van der Waals surface area contributed by atoms with Crippen molar-refractivity contribution >= 4 is 21.5 Å². The van der Waals surface area contributed by atoms with Gasteiger partial charge in [0.2, 0.25) is 0 Å². The first kappa shape index (κ1) is 21.0. The van der Waals surface area contributed by atoms with E-state index >= 15 is 0 Å². The zero-order chi connectivity index (χ0) is 33.6. The molecule has 0 radical (unpaired) electrons. The molecule has 0 heteroatoms. The zero-order valence-corrected chi connectivity index (χ0v) is 23.9. The number of benzene rings is 8. The van der Waals surface area contributed by atoms with Gasteiger partial charge in [-0.15, -0.1) is 0 Å². The summed E-state index contributed by atoms with van der Waals surface area (Å²) in [4.78, 5) is 0. The molecule has 0 unspecified atom stereocenters. The maximum atomic E-state index is 8.73. The largest absolute Gasteiger partial charge is 0.0629 e. The third-order valence-electron chi connectivity index (χ3n) is 8.37. The van der Waals surface area contributed by atoms with Crippen LogP contribution in [0.2, 0.25) is 0 Å². The highest BCUT2D eigenvalue weighted by atomic mass is 14.2. The number of fused-ring (bicyclic) bond motifs is 2. The maximum absolute atomic E-state index is 8.73. The molecule has 8 aromatic rings. The minimum Gasteiger partial charge on any atom is -0.0622 e. The third-order valence-corrected chi connectivity index (χ3v) is 8.37. The highest BCUT2D eigenvalue weighted by Gasteiger charge is 2.18. The van der Waals surface area contributed by atoms with Crippen LogP contribution in [0.4, 0.5) is 0 Å². The fourth-order valence-electron chi connectivity index (χ4n) is 6.27. The maximum Gasteiger partial charge on any atom is 0.0629 e. The Morgan fingerprint density at radius 3 is 1.18 bits per heavy atom. The van der Waals surface area contributed by atoms with Crippen LogP contribution in [0.5, 0.6) is 0 Å². The van der Waals surface area contributed by atoms with Gasteiger partial charge in [-0.1, -0.05) is 176 Å². The van der Waals surface area contributed by atoms with E-state index in [1.807, 2.05) is 54.6 Å². The van der Waals surface area contributed by atoms with Gasteiger partial charge < -0.3 is 0 Å². The smallest absolute Gasteiger partial charge is 0.0622 e. The normalized spacial score (nSPS) is 12.8. The molecule has 0 N–H and O–H groups in total.